The van der Waals surface area contributed by atoms with E-state index in [0.717, 1.165) is 22.0 Å². The second-order valence-corrected chi connectivity index (χ2v) is 4.33. The maximum Gasteiger partial charge on any atom is 0.212 e. The molecule has 5 heteroatoms. The molecule has 4 nitrogen and oxygen atoms in total. The molecule has 86 valence electrons. The number of rotatable bonds is 3. The van der Waals surface area contributed by atoms with Crippen LogP contribution in [0, 0.1) is 0 Å². The molecule has 1 aromatic carbocycles. The van der Waals surface area contributed by atoms with Gasteiger partial charge >= 0.3 is 0 Å². The molecule has 0 aliphatic carbocycles. The number of fused-ring (bicyclic) bond motifs is 1. The first kappa shape index (κ1) is 10.3. The molecule has 0 saturated carbocycles. The van der Waals surface area contributed by atoms with E-state index >= 15 is 0 Å². The van der Waals surface area contributed by atoms with Crippen molar-refractivity contribution < 1.29 is 4.74 Å². The zero-order valence-electron chi connectivity index (χ0n) is 9.33. The minimum atomic E-state index is 0.650. The van der Waals surface area contributed by atoms with Gasteiger partial charge in [0.15, 0.2) is 0 Å². The summed E-state index contributed by atoms with van der Waals surface area (Å²) in [6.07, 6.45) is 1.92. The van der Waals surface area contributed by atoms with Gasteiger partial charge in [0.25, 0.3) is 0 Å². The molecule has 0 N–H and O–H groups in total. The Bertz CT molecular complexity index is 615. The van der Waals surface area contributed by atoms with Gasteiger partial charge in [-0.3, -0.25) is 0 Å². The Morgan fingerprint density at radius 1 is 1.35 bits per heavy atom. The molecule has 0 atom stereocenters. The van der Waals surface area contributed by atoms with E-state index in [9.17, 15) is 0 Å². The largest absolute Gasteiger partial charge is 0.493 e. The van der Waals surface area contributed by atoms with Gasteiger partial charge in [-0.25, -0.2) is 9.50 Å². The van der Waals surface area contributed by atoms with Crippen molar-refractivity contribution in [3.63, 3.8) is 0 Å². The van der Waals surface area contributed by atoms with E-state index in [0.29, 0.717) is 6.61 Å². The Morgan fingerprint density at radius 3 is 3.06 bits per heavy atom. The minimum Gasteiger partial charge on any atom is -0.493 e. The zero-order valence-corrected chi connectivity index (χ0v) is 10.1. The molecule has 0 amide bonds. The lowest BCUT2D eigenvalue weighted by Gasteiger charge is -2.07. The first-order valence-corrected chi connectivity index (χ1v) is 6.27. The molecule has 0 unspecified atom stereocenters. The standard InChI is InChI=1S/C12H11N3OS/c1-2-16-11-6-4-3-5-9(11)10-7-15-12(14-10)17-8-13-15/h3-8H,2H2,1H3. The Hall–Kier alpha value is -1.88. The van der Waals surface area contributed by atoms with Gasteiger partial charge in [-0.05, 0) is 19.1 Å². The number of hydrogen-bond donors (Lipinski definition) is 0. The molecule has 0 spiro atoms. The van der Waals surface area contributed by atoms with E-state index in [1.165, 1.54) is 11.3 Å². The highest BCUT2D eigenvalue weighted by Crippen LogP contribution is 2.29. The van der Waals surface area contributed by atoms with Crippen LogP contribution in [0.5, 0.6) is 5.75 Å². The Labute approximate surface area is 102 Å². The monoisotopic (exact) mass is 245 g/mol. The van der Waals surface area contributed by atoms with Crippen molar-refractivity contribution in [2.45, 2.75) is 6.92 Å². The van der Waals surface area contributed by atoms with Crippen molar-refractivity contribution in [1.82, 2.24) is 14.6 Å². The summed E-state index contributed by atoms with van der Waals surface area (Å²) in [6, 6.07) is 7.92. The second kappa shape index (κ2) is 4.18. The number of imidazole rings is 1. The van der Waals surface area contributed by atoms with E-state index in [-0.39, 0.29) is 0 Å². The van der Waals surface area contributed by atoms with Crippen molar-refractivity contribution in [2.24, 2.45) is 0 Å². The summed E-state index contributed by atoms with van der Waals surface area (Å²) >= 11 is 1.52. The average Bonchev–Trinajstić information content (AvgIpc) is 2.90. The lowest BCUT2D eigenvalue weighted by molar-refractivity contribution is 0.341. The summed E-state index contributed by atoms with van der Waals surface area (Å²) in [7, 11) is 0. The highest BCUT2D eigenvalue weighted by atomic mass is 32.1. The van der Waals surface area contributed by atoms with E-state index in [2.05, 4.69) is 10.1 Å². The fourth-order valence-electron chi connectivity index (χ4n) is 1.73. The van der Waals surface area contributed by atoms with Crippen molar-refractivity contribution in [2.75, 3.05) is 6.61 Å². The summed E-state index contributed by atoms with van der Waals surface area (Å²) in [5.41, 5.74) is 3.68. The summed E-state index contributed by atoms with van der Waals surface area (Å²) in [5.74, 6) is 0.862. The number of benzene rings is 1. The van der Waals surface area contributed by atoms with Gasteiger partial charge in [0.05, 0.1) is 18.5 Å². The quantitative estimate of drug-likeness (QED) is 0.712. The van der Waals surface area contributed by atoms with Crippen LogP contribution >= 0.6 is 11.3 Å². The fourth-order valence-corrected chi connectivity index (χ4v) is 2.33. The third kappa shape index (κ3) is 1.78. The molecule has 0 bridgehead atoms. The summed E-state index contributed by atoms with van der Waals surface area (Å²) in [4.78, 5) is 5.42. The minimum absolute atomic E-state index is 0.650. The van der Waals surface area contributed by atoms with Crippen LogP contribution in [0.3, 0.4) is 0 Å². The van der Waals surface area contributed by atoms with Crippen LogP contribution in [0.15, 0.2) is 36.0 Å². The number of ether oxygens (including phenoxy) is 1. The molecule has 2 heterocycles. The van der Waals surface area contributed by atoms with E-state index in [1.807, 2.05) is 37.4 Å². The lowest BCUT2D eigenvalue weighted by Crippen LogP contribution is -1.93. The van der Waals surface area contributed by atoms with Gasteiger partial charge in [-0.2, -0.15) is 5.10 Å². The molecule has 3 aromatic rings. The van der Waals surface area contributed by atoms with E-state index in [1.54, 1.807) is 10.0 Å². The molecule has 0 aliphatic heterocycles. The highest BCUT2D eigenvalue weighted by molar-refractivity contribution is 7.14. The lowest BCUT2D eigenvalue weighted by atomic mass is 10.1. The molecule has 0 radical (unpaired) electrons. The van der Waals surface area contributed by atoms with Gasteiger partial charge in [0.1, 0.15) is 11.3 Å². The number of aromatic nitrogens is 3. The van der Waals surface area contributed by atoms with Crippen LogP contribution in [-0.4, -0.2) is 21.2 Å². The van der Waals surface area contributed by atoms with Crippen LogP contribution in [-0.2, 0) is 0 Å². The summed E-state index contributed by atoms with van der Waals surface area (Å²) in [5, 5.41) is 4.17. The van der Waals surface area contributed by atoms with Crippen LogP contribution in [0.1, 0.15) is 6.92 Å². The third-order valence-electron chi connectivity index (χ3n) is 2.45. The van der Waals surface area contributed by atoms with Gasteiger partial charge in [0, 0.05) is 5.56 Å². The SMILES string of the molecule is CCOc1ccccc1-c1cn2ncsc2n1. The first-order valence-electron chi connectivity index (χ1n) is 5.39. The third-order valence-corrected chi connectivity index (χ3v) is 3.14. The van der Waals surface area contributed by atoms with Crippen LogP contribution in [0.2, 0.25) is 0 Å². The van der Waals surface area contributed by atoms with Gasteiger partial charge < -0.3 is 4.74 Å². The van der Waals surface area contributed by atoms with Crippen LogP contribution in [0.4, 0.5) is 0 Å². The Kier molecular flexibility index (Phi) is 2.53. The van der Waals surface area contributed by atoms with Crippen molar-refractivity contribution >= 4 is 16.3 Å². The predicted octanol–water partition coefficient (Wildman–Crippen LogP) is 2.86. The smallest absolute Gasteiger partial charge is 0.212 e. The van der Waals surface area contributed by atoms with Crippen LogP contribution < -0.4 is 4.74 Å². The summed E-state index contributed by atoms with van der Waals surface area (Å²) in [6.45, 7) is 2.63. The fraction of sp³-hybridized carbons (Fsp3) is 0.167. The van der Waals surface area contributed by atoms with Gasteiger partial charge in [-0.1, -0.05) is 23.5 Å². The molecule has 0 aliphatic rings. The van der Waals surface area contributed by atoms with Crippen molar-refractivity contribution in [1.29, 1.82) is 0 Å². The normalized spacial score (nSPS) is 10.9. The number of hydrogen-bond acceptors (Lipinski definition) is 4. The first-order chi connectivity index (χ1) is 8.38. The molecule has 0 saturated heterocycles. The molecular weight excluding hydrogens is 234 g/mol. The molecular formula is C12H11N3OS. The van der Waals surface area contributed by atoms with Crippen LogP contribution in [0.25, 0.3) is 16.2 Å². The maximum atomic E-state index is 5.60. The molecule has 17 heavy (non-hydrogen) atoms. The highest BCUT2D eigenvalue weighted by Gasteiger charge is 2.10. The van der Waals surface area contributed by atoms with Crippen molar-refractivity contribution in [3.05, 3.63) is 36.0 Å². The second-order valence-electron chi connectivity index (χ2n) is 3.52. The van der Waals surface area contributed by atoms with Gasteiger partial charge in [0.2, 0.25) is 4.96 Å². The summed E-state index contributed by atoms with van der Waals surface area (Å²) < 4.78 is 7.38. The molecule has 3 rings (SSSR count). The zero-order chi connectivity index (χ0) is 11.7. The van der Waals surface area contributed by atoms with Gasteiger partial charge in [-0.15, -0.1) is 0 Å². The van der Waals surface area contributed by atoms with Crippen molar-refractivity contribution in [3.8, 4) is 17.0 Å². The number of nitrogens with zero attached hydrogens (tertiary/aromatic N) is 3. The Morgan fingerprint density at radius 2 is 2.24 bits per heavy atom. The molecule has 2 aromatic heterocycles. The molecule has 0 fully saturated rings. The Balaban J connectivity index is 2.11. The average molecular weight is 245 g/mol. The number of para-hydroxylation sites is 1. The topological polar surface area (TPSA) is 39.4 Å². The van der Waals surface area contributed by atoms with E-state index in [4.69, 9.17) is 4.74 Å². The van der Waals surface area contributed by atoms with E-state index < -0.39 is 0 Å². The maximum absolute atomic E-state index is 5.60. The predicted molar refractivity (Wildman–Crippen MR) is 67.5 cm³/mol.